The Hall–Kier alpha value is -2.65. The summed E-state index contributed by atoms with van der Waals surface area (Å²) in [4.78, 5) is 40.0. The summed E-state index contributed by atoms with van der Waals surface area (Å²) in [5.41, 5.74) is -3.28. The zero-order valence-electron chi connectivity index (χ0n) is 47.7. The van der Waals surface area contributed by atoms with Crippen LogP contribution >= 0.6 is 0 Å². The Morgan fingerprint density at radius 1 is 0.573 bits per heavy atom. The number of carboxylic acids is 1. The van der Waals surface area contributed by atoms with E-state index in [1.807, 2.05) is 6.92 Å². The first-order chi connectivity index (χ1) is 38.3. The third kappa shape index (κ3) is 10.3. The monoisotopic (exact) mass is 1180 g/mol. The fourth-order valence-electron chi connectivity index (χ4n) is 16.8. The van der Waals surface area contributed by atoms with Gasteiger partial charge in [-0.3, -0.25) is 9.59 Å². The van der Waals surface area contributed by atoms with Gasteiger partial charge >= 0.3 is 17.9 Å². The van der Waals surface area contributed by atoms with Crippen molar-refractivity contribution < 1.29 is 129 Å². The second kappa shape index (κ2) is 23.1. The summed E-state index contributed by atoms with van der Waals surface area (Å²) in [5, 5.41) is 151. The number of aliphatic hydroxyl groups is 13. The molecule has 468 valence electrons. The molecule has 0 unspecified atom stereocenters. The molecule has 4 aliphatic heterocycles. The van der Waals surface area contributed by atoms with Crippen molar-refractivity contribution in [2.45, 2.75) is 248 Å². The van der Waals surface area contributed by atoms with E-state index < -0.39 is 205 Å². The van der Waals surface area contributed by atoms with Gasteiger partial charge in [-0.1, -0.05) is 46.3 Å². The van der Waals surface area contributed by atoms with Gasteiger partial charge in [0, 0.05) is 24.2 Å². The molecule has 31 atom stereocenters. The van der Waals surface area contributed by atoms with Gasteiger partial charge in [-0.2, -0.15) is 0 Å². The van der Waals surface area contributed by atoms with Crippen molar-refractivity contribution in [3.63, 3.8) is 0 Å². The molecule has 5 aliphatic carbocycles. The third-order valence-electron chi connectivity index (χ3n) is 22.1. The van der Waals surface area contributed by atoms with Crippen LogP contribution in [0.5, 0.6) is 0 Å². The third-order valence-corrected chi connectivity index (χ3v) is 22.1. The van der Waals surface area contributed by atoms with Gasteiger partial charge in [-0.15, -0.1) is 0 Å². The fourth-order valence-corrected chi connectivity index (χ4v) is 16.8. The number of carbonyl (C=O) groups excluding carboxylic acids is 2. The lowest BCUT2D eigenvalue weighted by molar-refractivity contribution is -0.396. The van der Waals surface area contributed by atoms with Crippen LogP contribution in [0.1, 0.15) is 113 Å². The summed E-state index contributed by atoms with van der Waals surface area (Å²) in [5.74, 6) is -3.55. The van der Waals surface area contributed by atoms with E-state index in [0.717, 1.165) is 5.57 Å². The van der Waals surface area contributed by atoms with Crippen molar-refractivity contribution in [3.05, 3.63) is 11.6 Å². The van der Waals surface area contributed by atoms with E-state index in [4.69, 9.17) is 42.6 Å². The van der Waals surface area contributed by atoms with E-state index in [9.17, 15) is 85.9 Å². The van der Waals surface area contributed by atoms with Crippen LogP contribution in [0.2, 0.25) is 0 Å². The van der Waals surface area contributed by atoms with Gasteiger partial charge in [0.2, 0.25) is 6.29 Å². The highest BCUT2D eigenvalue weighted by molar-refractivity contribution is 5.77. The average Bonchev–Trinajstić information content (AvgIpc) is 0.822. The maximum Gasteiger partial charge on any atom is 0.335 e. The number of carboxylic acid groups (broad SMARTS) is 1. The number of esters is 2. The molecule has 0 radical (unpaired) electrons. The van der Waals surface area contributed by atoms with E-state index in [1.54, 1.807) is 6.92 Å². The smallest absolute Gasteiger partial charge is 0.335 e. The highest BCUT2D eigenvalue weighted by Crippen LogP contribution is 2.76. The second-order valence-electron chi connectivity index (χ2n) is 26.7. The van der Waals surface area contributed by atoms with Crippen molar-refractivity contribution in [1.29, 1.82) is 0 Å². The van der Waals surface area contributed by atoms with Gasteiger partial charge in [0.05, 0.1) is 37.4 Å². The van der Waals surface area contributed by atoms with Gasteiger partial charge in [0.25, 0.3) is 0 Å². The van der Waals surface area contributed by atoms with Gasteiger partial charge in [-0.25, -0.2) is 4.79 Å². The van der Waals surface area contributed by atoms with Gasteiger partial charge < -0.3 is 114 Å². The van der Waals surface area contributed by atoms with Crippen molar-refractivity contribution in [1.82, 2.24) is 0 Å². The Kier molecular flexibility index (Phi) is 18.0. The molecular weight excluding hydrogens is 1090 g/mol. The minimum Gasteiger partial charge on any atom is -0.479 e. The van der Waals surface area contributed by atoms with E-state index in [-0.39, 0.29) is 37.0 Å². The highest BCUT2D eigenvalue weighted by Gasteiger charge is 2.71. The number of hydrogen-bond acceptors (Lipinski definition) is 25. The molecular formula is C56H88O26. The maximum atomic E-state index is 14.5. The van der Waals surface area contributed by atoms with Crippen molar-refractivity contribution in [2.75, 3.05) is 19.8 Å². The molecule has 82 heavy (non-hydrogen) atoms. The summed E-state index contributed by atoms with van der Waals surface area (Å²) in [6.45, 7) is 13.1. The molecule has 0 spiro atoms. The zero-order valence-corrected chi connectivity index (χ0v) is 47.7. The maximum absolute atomic E-state index is 14.5. The fraction of sp³-hybridized carbons (Fsp3) is 0.911. The molecule has 14 N–H and O–H groups in total. The predicted molar refractivity (Wildman–Crippen MR) is 274 cm³/mol. The molecule has 26 nitrogen and oxygen atoms in total. The van der Waals surface area contributed by atoms with Crippen molar-refractivity contribution in [3.8, 4) is 0 Å². The molecule has 0 bridgehead atoms. The molecule has 26 heteroatoms. The first kappa shape index (κ1) is 63.8. The van der Waals surface area contributed by atoms with Gasteiger partial charge in [0.15, 0.2) is 25.0 Å². The number of carbonyl (C=O) groups is 3. The first-order valence-corrected chi connectivity index (χ1v) is 28.8. The van der Waals surface area contributed by atoms with Crippen LogP contribution in [-0.2, 0) is 57.0 Å². The molecule has 0 amide bonds. The van der Waals surface area contributed by atoms with Crippen molar-refractivity contribution >= 4 is 17.9 Å². The van der Waals surface area contributed by atoms with Gasteiger partial charge in [-0.05, 0) is 99.2 Å². The standard InChI is InChI=1S/C56H88O26/c1-22-32(61)35(64)40(69)46(74-22)80-43-37(66)34(63)27(20-58)77-48(43)81-44-39(68)38(67)42(45(71)72)79-49(44)78-30-12-13-53(5)28(54(30,6)21-59)11-14-56(8)29(53)10-9-24-25-17-51(3,18-31(75-23(2)60)52(25,4)15-16-55(24,56)7)50(73)82-47-41(70)36(65)33(62)26(19-57)76-47/h9,22,25-44,46-49,57-59,61-70H,10-21H2,1-8H3,(H,71,72)/t22-,25-,26+,27+,28+,29+,30-,31+,32-,33+,34-,35+,36-,37-,38-,39-,40+,41+,42-,43+,44+,46-,47-,48-,49+,51+,52+,53-,54+,55+,56+/m0/s1. The molecule has 4 saturated heterocycles. The Morgan fingerprint density at radius 2 is 1.15 bits per heavy atom. The highest BCUT2D eigenvalue weighted by atomic mass is 16.8. The first-order valence-electron chi connectivity index (χ1n) is 28.8. The number of rotatable bonds is 13. The largest absolute Gasteiger partial charge is 0.479 e. The summed E-state index contributed by atoms with van der Waals surface area (Å²) in [6.07, 6.45) is -30.7. The number of aliphatic carboxylic acids is 1. The topological polar surface area (TPSA) is 418 Å². The molecule has 9 aliphatic rings. The van der Waals surface area contributed by atoms with Crippen LogP contribution in [0.3, 0.4) is 0 Å². The number of fused-ring (bicyclic) bond motifs is 7. The molecule has 0 aromatic heterocycles. The lowest BCUT2D eigenvalue weighted by Gasteiger charge is -2.72. The van der Waals surface area contributed by atoms with Crippen LogP contribution in [0.4, 0.5) is 0 Å². The normalized spacial score (nSPS) is 54.0. The number of allylic oxidation sites excluding steroid dienone is 2. The Morgan fingerprint density at radius 3 is 1.76 bits per heavy atom. The molecule has 8 fully saturated rings. The molecule has 4 saturated carbocycles. The zero-order chi connectivity index (χ0) is 60.3. The van der Waals surface area contributed by atoms with Crippen LogP contribution in [0.25, 0.3) is 0 Å². The summed E-state index contributed by atoms with van der Waals surface area (Å²) in [7, 11) is 0. The Balaban J connectivity index is 0.989. The molecule has 4 heterocycles. The average molecular weight is 1180 g/mol. The quantitative estimate of drug-likeness (QED) is 0.0519. The molecule has 9 rings (SSSR count). The van der Waals surface area contributed by atoms with Crippen LogP contribution < -0.4 is 0 Å². The minimum atomic E-state index is -2.14. The number of ether oxygens (including phenoxy) is 9. The number of aliphatic hydroxyl groups excluding tert-OH is 13. The summed E-state index contributed by atoms with van der Waals surface area (Å²) >= 11 is 0. The van der Waals surface area contributed by atoms with E-state index in [2.05, 4.69) is 33.8 Å². The summed E-state index contributed by atoms with van der Waals surface area (Å²) in [6, 6.07) is 0. The minimum absolute atomic E-state index is 0.00453. The second-order valence-corrected chi connectivity index (χ2v) is 26.7. The van der Waals surface area contributed by atoms with Crippen LogP contribution in [-0.4, -0.2) is 244 Å². The molecule has 0 aromatic carbocycles. The van der Waals surface area contributed by atoms with E-state index in [0.29, 0.717) is 38.5 Å². The lowest BCUT2D eigenvalue weighted by Crippen LogP contribution is -2.68. The van der Waals surface area contributed by atoms with E-state index >= 15 is 0 Å². The molecule has 0 aromatic rings. The van der Waals surface area contributed by atoms with Crippen LogP contribution in [0, 0.1) is 50.2 Å². The van der Waals surface area contributed by atoms with Crippen LogP contribution in [0.15, 0.2) is 11.6 Å². The SMILES string of the molecule is CC(=O)O[C@@H]1C[C@](C)(C(=O)O[C@@H]2O[C@H](CO)[C@@H](O)[C@H](O)[C@H]2O)C[C@H]2C3=CC[C@@H]4[C@@]5(C)CC[C@H](O[C@@H]6O[C@H](C(=O)O)[C@@H](O)[C@H](O)[C@H]6O[C@@H]6O[C@H](CO)[C@H](O)[C@H](O)[C@H]6O[C@@H]6O[C@@H](C)[C@H](O)[C@@H](O)[C@H]6O)[C@](C)(CO)[C@@H]5CC[C@@]4(C)[C@]3(C)CC[C@@]12C. The number of hydrogen-bond donors (Lipinski definition) is 14. The lowest BCUT2D eigenvalue weighted by atomic mass is 9.33. The Labute approximate surface area is 475 Å². The van der Waals surface area contributed by atoms with Crippen molar-refractivity contribution in [2.24, 2.45) is 50.2 Å². The Bertz CT molecular complexity index is 2360. The summed E-state index contributed by atoms with van der Waals surface area (Å²) < 4.78 is 53.7. The predicted octanol–water partition coefficient (Wildman–Crippen LogP) is -2.40. The van der Waals surface area contributed by atoms with Gasteiger partial charge in [0.1, 0.15) is 91.6 Å². The van der Waals surface area contributed by atoms with E-state index in [1.165, 1.54) is 13.8 Å².